The predicted octanol–water partition coefficient (Wildman–Crippen LogP) is 10.1. The highest BCUT2D eigenvalue weighted by molar-refractivity contribution is 6.30. The summed E-state index contributed by atoms with van der Waals surface area (Å²) >= 11 is 5.93. The Morgan fingerprint density at radius 1 is 0.955 bits per heavy atom. The van der Waals surface area contributed by atoms with Crippen LogP contribution in [0.5, 0.6) is 0 Å². The zero-order valence-corrected chi connectivity index (χ0v) is 28.9. The van der Waals surface area contributed by atoms with Crippen LogP contribution in [0, 0.1) is 46.3 Å². The molecule has 8 atom stereocenters. The summed E-state index contributed by atoms with van der Waals surface area (Å²) in [6.07, 6.45) is 17.7. The van der Waals surface area contributed by atoms with E-state index in [0.29, 0.717) is 36.2 Å². The first-order valence-electron chi connectivity index (χ1n) is 17.9. The smallest absolute Gasteiger partial charge is 0.306 e. The molecule has 1 amide bonds. The summed E-state index contributed by atoms with van der Waals surface area (Å²) in [4.78, 5) is 25.0. The van der Waals surface area contributed by atoms with E-state index in [-0.39, 0.29) is 23.4 Å². The molecule has 0 heterocycles. The summed E-state index contributed by atoms with van der Waals surface area (Å²) in [6.45, 7) is 13.0. The highest BCUT2D eigenvalue weighted by atomic mass is 35.5. The number of esters is 1. The van der Waals surface area contributed by atoms with Crippen molar-refractivity contribution in [3.63, 3.8) is 0 Å². The largest absolute Gasteiger partial charge is 0.462 e. The molecule has 3 fully saturated rings. The van der Waals surface area contributed by atoms with Gasteiger partial charge in [-0.2, -0.15) is 0 Å². The Hall–Kier alpha value is -1.81. The van der Waals surface area contributed by atoms with Gasteiger partial charge in [0.2, 0.25) is 5.91 Å². The third-order valence-corrected chi connectivity index (χ3v) is 13.0. The van der Waals surface area contributed by atoms with Gasteiger partial charge in [-0.3, -0.25) is 9.59 Å². The lowest BCUT2D eigenvalue weighted by Crippen LogP contribution is -2.51. The van der Waals surface area contributed by atoms with Crippen LogP contribution in [-0.2, 0) is 20.9 Å². The number of rotatable bonds is 12. The number of ether oxygens (including phenoxy) is 1. The van der Waals surface area contributed by atoms with E-state index in [2.05, 4.69) is 46.0 Å². The maximum atomic E-state index is 12.7. The molecular formula is C39H58ClNO3. The van der Waals surface area contributed by atoms with Crippen molar-refractivity contribution in [2.75, 3.05) is 0 Å². The first-order chi connectivity index (χ1) is 21.0. The highest BCUT2D eigenvalue weighted by Gasteiger charge is 2.59. The average Bonchev–Trinajstić information content (AvgIpc) is 3.34. The van der Waals surface area contributed by atoms with Crippen LogP contribution in [0.4, 0.5) is 0 Å². The molecule has 0 aromatic heterocycles. The van der Waals surface area contributed by atoms with Gasteiger partial charge in [-0.05, 0) is 115 Å². The molecule has 0 radical (unpaired) electrons. The molecule has 0 bridgehead atoms. The molecular weight excluding hydrogens is 566 g/mol. The number of hydrogen-bond acceptors (Lipinski definition) is 3. The maximum absolute atomic E-state index is 12.7. The Labute approximate surface area is 272 Å². The number of nitrogens with one attached hydrogen (secondary N) is 1. The monoisotopic (exact) mass is 623 g/mol. The predicted molar refractivity (Wildman–Crippen MR) is 180 cm³/mol. The van der Waals surface area contributed by atoms with Crippen LogP contribution in [-0.4, -0.2) is 18.0 Å². The molecule has 3 saturated carbocycles. The number of fused-ring (bicyclic) bond motifs is 5. The van der Waals surface area contributed by atoms with Gasteiger partial charge in [0.1, 0.15) is 6.10 Å². The molecule has 5 rings (SSSR count). The molecule has 0 aliphatic heterocycles. The number of allylic oxidation sites excluding steroid dienone is 1. The van der Waals surface area contributed by atoms with Crippen molar-refractivity contribution < 1.29 is 14.3 Å². The van der Waals surface area contributed by atoms with Crippen LogP contribution in [0.3, 0.4) is 0 Å². The number of hydrogen-bond donors (Lipinski definition) is 1. The Morgan fingerprint density at radius 3 is 2.48 bits per heavy atom. The van der Waals surface area contributed by atoms with E-state index in [1.165, 1.54) is 51.4 Å². The molecule has 0 unspecified atom stereocenters. The summed E-state index contributed by atoms with van der Waals surface area (Å²) in [5.41, 5.74) is 3.34. The second-order valence-electron chi connectivity index (χ2n) is 15.9. The van der Waals surface area contributed by atoms with E-state index in [9.17, 15) is 9.59 Å². The second-order valence-corrected chi connectivity index (χ2v) is 16.3. The highest BCUT2D eigenvalue weighted by Crippen LogP contribution is 2.67. The Bertz CT molecular complexity index is 1180. The van der Waals surface area contributed by atoms with Gasteiger partial charge >= 0.3 is 5.97 Å². The Kier molecular flexibility index (Phi) is 10.9. The summed E-state index contributed by atoms with van der Waals surface area (Å²) in [7, 11) is 0. The van der Waals surface area contributed by atoms with E-state index >= 15 is 0 Å². The van der Waals surface area contributed by atoms with Gasteiger partial charge in [-0.15, -0.1) is 0 Å². The first kappa shape index (κ1) is 33.6. The van der Waals surface area contributed by atoms with Crippen molar-refractivity contribution >= 4 is 23.5 Å². The van der Waals surface area contributed by atoms with Crippen LogP contribution in [0.15, 0.2) is 35.9 Å². The zero-order valence-electron chi connectivity index (χ0n) is 28.1. The van der Waals surface area contributed by atoms with Gasteiger partial charge in [0.15, 0.2) is 0 Å². The second kappa shape index (κ2) is 14.3. The van der Waals surface area contributed by atoms with E-state index < -0.39 is 0 Å². The van der Waals surface area contributed by atoms with Crippen LogP contribution in [0.25, 0.3) is 0 Å². The van der Waals surface area contributed by atoms with E-state index in [1.54, 1.807) is 5.57 Å². The van der Waals surface area contributed by atoms with E-state index in [1.807, 2.05) is 24.3 Å². The molecule has 0 saturated heterocycles. The molecule has 1 aromatic rings. The lowest BCUT2D eigenvalue weighted by molar-refractivity contribution is -0.151. The number of amides is 1. The lowest BCUT2D eigenvalue weighted by atomic mass is 9.47. The minimum absolute atomic E-state index is 0.0199. The van der Waals surface area contributed by atoms with Crippen molar-refractivity contribution in [3.8, 4) is 0 Å². The molecule has 4 aliphatic rings. The van der Waals surface area contributed by atoms with Crippen LogP contribution < -0.4 is 5.32 Å². The van der Waals surface area contributed by atoms with Gasteiger partial charge in [-0.1, -0.05) is 89.3 Å². The quantitative estimate of drug-likeness (QED) is 0.186. The van der Waals surface area contributed by atoms with Crippen molar-refractivity contribution in [2.24, 2.45) is 46.3 Å². The fraction of sp³-hybridized carbons (Fsp3) is 0.744. The van der Waals surface area contributed by atoms with Gasteiger partial charge in [0, 0.05) is 30.8 Å². The Morgan fingerprint density at radius 2 is 1.73 bits per heavy atom. The maximum Gasteiger partial charge on any atom is 0.306 e. The fourth-order valence-electron chi connectivity index (χ4n) is 10.3. The van der Waals surface area contributed by atoms with Gasteiger partial charge in [0.25, 0.3) is 0 Å². The number of carbonyl (C=O) groups excluding carboxylic acids is 2. The third kappa shape index (κ3) is 7.42. The van der Waals surface area contributed by atoms with Gasteiger partial charge in [-0.25, -0.2) is 0 Å². The van der Waals surface area contributed by atoms with E-state index in [4.69, 9.17) is 16.3 Å². The summed E-state index contributed by atoms with van der Waals surface area (Å²) in [5.74, 6) is 4.82. The average molecular weight is 624 g/mol. The van der Waals surface area contributed by atoms with Crippen molar-refractivity contribution in [1.82, 2.24) is 5.32 Å². The molecule has 5 heteroatoms. The third-order valence-electron chi connectivity index (χ3n) is 12.7. The molecule has 4 aliphatic carbocycles. The first-order valence-corrected chi connectivity index (χ1v) is 18.3. The van der Waals surface area contributed by atoms with Crippen molar-refractivity contribution in [2.45, 2.75) is 137 Å². The molecule has 0 spiro atoms. The number of benzene rings is 1. The molecule has 1 aromatic carbocycles. The summed E-state index contributed by atoms with van der Waals surface area (Å²) in [6, 6.07) is 7.45. The molecule has 44 heavy (non-hydrogen) atoms. The lowest BCUT2D eigenvalue weighted by Gasteiger charge is -2.58. The van der Waals surface area contributed by atoms with Crippen molar-refractivity contribution in [3.05, 3.63) is 46.5 Å². The normalized spacial score (nSPS) is 33.5. The van der Waals surface area contributed by atoms with Crippen molar-refractivity contribution in [1.29, 1.82) is 0 Å². The standard InChI is InChI=1S/C39H58ClNO3/c1-26(2)8-6-9-27(3)33-18-19-34-32-17-14-29-24-31(20-22-38(29,4)35(32)21-23-39(33,34)5)44-37(43)11-7-10-36(42)41-25-28-12-15-30(40)16-13-28/h12-16,26-27,31-35H,6-11,17-25H2,1-5H3,(H,41,42)/t27-,31+,32+,33-,34+,35+,38+,39-/m1/s1. The van der Waals surface area contributed by atoms with Crippen LogP contribution in [0.1, 0.15) is 130 Å². The van der Waals surface area contributed by atoms with Crippen LogP contribution in [0.2, 0.25) is 5.02 Å². The van der Waals surface area contributed by atoms with Gasteiger partial charge < -0.3 is 10.1 Å². The SMILES string of the molecule is CC(C)CCC[C@@H](C)[C@H]1CC[C@H]2[C@@H]3CC=C4C[C@@H](OC(=O)CCCC(=O)NCc5ccc(Cl)cc5)CC[C@]4(C)[C@H]3CC[C@]12C. The summed E-state index contributed by atoms with van der Waals surface area (Å²) < 4.78 is 5.99. The van der Waals surface area contributed by atoms with Gasteiger partial charge in [0.05, 0.1) is 0 Å². The summed E-state index contributed by atoms with van der Waals surface area (Å²) in [5, 5.41) is 3.61. The zero-order chi connectivity index (χ0) is 31.5. The molecule has 244 valence electrons. The Balaban J connectivity index is 1.09. The fourth-order valence-corrected chi connectivity index (χ4v) is 10.4. The van der Waals surface area contributed by atoms with E-state index in [0.717, 1.165) is 60.3 Å². The molecule has 1 N–H and O–H groups in total. The topological polar surface area (TPSA) is 55.4 Å². The number of carbonyl (C=O) groups is 2. The minimum atomic E-state index is -0.161. The molecule has 4 nitrogen and oxygen atoms in total. The minimum Gasteiger partial charge on any atom is -0.462 e. The van der Waals surface area contributed by atoms with Crippen LogP contribution >= 0.6 is 11.6 Å². The number of halogens is 1.